The lowest BCUT2D eigenvalue weighted by Crippen LogP contribution is -2.46. The number of pyridine rings is 1. The summed E-state index contributed by atoms with van der Waals surface area (Å²) in [5, 5.41) is 5.30. The topological polar surface area (TPSA) is 144 Å². The van der Waals surface area contributed by atoms with Gasteiger partial charge in [0.05, 0.1) is 25.0 Å². The first-order valence-corrected chi connectivity index (χ1v) is 10.6. The predicted molar refractivity (Wildman–Crippen MR) is 118 cm³/mol. The number of aromatic nitrogens is 1. The quantitative estimate of drug-likeness (QED) is 0.599. The van der Waals surface area contributed by atoms with E-state index in [4.69, 9.17) is 10.5 Å². The van der Waals surface area contributed by atoms with Crippen molar-refractivity contribution in [2.24, 2.45) is 11.7 Å². The maximum Gasteiger partial charge on any atom is 0.313 e. The predicted octanol–water partition coefficient (Wildman–Crippen LogP) is 1.37. The third kappa shape index (κ3) is 4.36. The zero-order valence-corrected chi connectivity index (χ0v) is 18.4. The highest BCUT2D eigenvalue weighted by Gasteiger charge is 2.35. The molecular weight excluding hydrogens is 426 g/mol. The Kier molecular flexibility index (Phi) is 5.99. The molecule has 2 atom stereocenters. The average molecular weight is 451 g/mol. The molecule has 33 heavy (non-hydrogen) atoms. The minimum atomic E-state index is -0.838. The number of hydrogen-bond donors (Lipinski definition) is 3. The molecule has 0 aliphatic carbocycles. The van der Waals surface area contributed by atoms with Gasteiger partial charge in [-0.2, -0.15) is 0 Å². The van der Waals surface area contributed by atoms with Crippen LogP contribution in [0.5, 0.6) is 5.88 Å². The Morgan fingerprint density at radius 1 is 1.24 bits per heavy atom. The van der Waals surface area contributed by atoms with E-state index in [-0.39, 0.29) is 35.0 Å². The van der Waals surface area contributed by atoms with Gasteiger partial charge in [0.1, 0.15) is 5.56 Å². The van der Waals surface area contributed by atoms with E-state index in [0.717, 1.165) is 17.5 Å². The summed E-state index contributed by atoms with van der Waals surface area (Å²) >= 11 is 0. The first kappa shape index (κ1) is 22.3. The zero-order chi connectivity index (χ0) is 23.7. The number of benzene rings is 1. The fourth-order valence-electron chi connectivity index (χ4n) is 4.36. The number of likely N-dealkylation sites (tertiary alicyclic amines) is 1. The maximum absolute atomic E-state index is 13.2. The Morgan fingerprint density at radius 3 is 2.76 bits per heavy atom. The number of hydrogen-bond acceptors (Lipinski definition) is 6. The Bertz CT molecular complexity index is 1150. The Labute approximate surface area is 190 Å². The van der Waals surface area contributed by atoms with E-state index in [1.165, 1.54) is 19.4 Å². The van der Waals surface area contributed by atoms with Gasteiger partial charge in [0.2, 0.25) is 5.88 Å². The number of nitrogens with zero attached hydrogens (tertiary/aromatic N) is 2. The van der Waals surface area contributed by atoms with E-state index in [0.29, 0.717) is 25.1 Å². The molecule has 2 aromatic rings. The van der Waals surface area contributed by atoms with Crippen LogP contribution >= 0.6 is 0 Å². The number of nitrogens with one attached hydrogen (secondary N) is 2. The second-order valence-corrected chi connectivity index (χ2v) is 8.35. The van der Waals surface area contributed by atoms with Gasteiger partial charge < -0.3 is 26.0 Å². The molecule has 2 aliphatic heterocycles. The van der Waals surface area contributed by atoms with E-state index >= 15 is 0 Å². The molecule has 1 aromatic heterocycles. The fraction of sp³-hybridized carbons (Fsp3) is 0.348. The van der Waals surface area contributed by atoms with Crippen LogP contribution < -0.4 is 21.1 Å². The molecule has 10 heteroatoms. The molecule has 1 saturated heterocycles. The van der Waals surface area contributed by atoms with Crippen molar-refractivity contribution in [3.8, 4) is 5.88 Å². The van der Waals surface area contributed by atoms with Crippen LogP contribution in [0.15, 0.2) is 30.5 Å². The van der Waals surface area contributed by atoms with Gasteiger partial charge in [0, 0.05) is 18.7 Å². The van der Waals surface area contributed by atoms with Gasteiger partial charge in [0.25, 0.3) is 11.8 Å². The summed E-state index contributed by atoms with van der Waals surface area (Å²) in [6.07, 6.45) is 2.90. The number of amides is 4. The molecule has 0 radical (unpaired) electrons. The maximum atomic E-state index is 13.2. The van der Waals surface area contributed by atoms with Crippen LogP contribution in [0.25, 0.3) is 0 Å². The van der Waals surface area contributed by atoms with Crippen LogP contribution in [0, 0.1) is 5.92 Å². The first-order chi connectivity index (χ1) is 15.8. The number of primary amides is 1. The Balaban J connectivity index is 1.56. The summed E-state index contributed by atoms with van der Waals surface area (Å²) in [5.74, 6) is -2.13. The van der Waals surface area contributed by atoms with Gasteiger partial charge in [0.15, 0.2) is 0 Å². The molecule has 4 amide bonds. The molecule has 4 rings (SSSR count). The van der Waals surface area contributed by atoms with Crippen molar-refractivity contribution < 1.29 is 23.9 Å². The largest absolute Gasteiger partial charge is 0.480 e. The van der Waals surface area contributed by atoms with E-state index in [9.17, 15) is 19.2 Å². The monoisotopic (exact) mass is 451 g/mol. The average Bonchev–Trinajstić information content (AvgIpc) is 3.18. The number of anilines is 1. The number of rotatable bonds is 4. The van der Waals surface area contributed by atoms with Crippen molar-refractivity contribution in [3.05, 3.63) is 52.7 Å². The van der Waals surface area contributed by atoms with Crippen LogP contribution in [0.4, 0.5) is 5.69 Å². The summed E-state index contributed by atoms with van der Waals surface area (Å²) in [5.41, 5.74) is 7.90. The van der Waals surface area contributed by atoms with E-state index < -0.39 is 17.7 Å². The van der Waals surface area contributed by atoms with Gasteiger partial charge in [-0.05, 0) is 42.0 Å². The van der Waals surface area contributed by atoms with E-state index in [1.54, 1.807) is 11.0 Å². The normalized spacial score (nSPS) is 19.5. The molecule has 2 aliphatic rings. The highest BCUT2D eigenvalue weighted by Crippen LogP contribution is 2.35. The number of methoxy groups -OCH3 is 1. The van der Waals surface area contributed by atoms with Crippen molar-refractivity contribution >= 4 is 29.3 Å². The molecule has 172 valence electrons. The summed E-state index contributed by atoms with van der Waals surface area (Å²) in [4.78, 5) is 55.0. The lowest BCUT2D eigenvalue weighted by atomic mass is 9.88. The van der Waals surface area contributed by atoms with E-state index in [2.05, 4.69) is 15.6 Å². The van der Waals surface area contributed by atoms with Crippen LogP contribution in [-0.4, -0.2) is 47.2 Å². The van der Waals surface area contributed by atoms with E-state index in [1.807, 2.05) is 19.1 Å². The molecule has 1 fully saturated rings. The molecule has 4 N–H and O–H groups in total. The van der Waals surface area contributed by atoms with Gasteiger partial charge in [-0.3, -0.25) is 19.2 Å². The first-order valence-electron chi connectivity index (χ1n) is 10.6. The third-order valence-corrected chi connectivity index (χ3v) is 6.04. The van der Waals surface area contributed by atoms with Crippen molar-refractivity contribution in [3.63, 3.8) is 0 Å². The molecule has 0 bridgehead atoms. The van der Waals surface area contributed by atoms with Crippen LogP contribution in [0.2, 0.25) is 0 Å². The van der Waals surface area contributed by atoms with Crippen molar-refractivity contribution in [2.45, 2.75) is 32.4 Å². The van der Waals surface area contributed by atoms with Crippen molar-refractivity contribution in [1.82, 2.24) is 15.2 Å². The van der Waals surface area contributed by atoms with Crippen LogP contribution in [0.1, 0.15) is 57.7 Å². The highest BCUT2D eigenvalue weighted by molar-refractivity contribution is 6.39. The summed E-state index contributed by atoms with van der Waals surface area (Å²) in [6.45, 7) is 2.91. The number of ether oxygens (including phenoxy) is 1. The van der Waals surface area contributed by atoms with Crippen LogP contribution in [-0.2, 0) is 16.1 Å². The lowest BCUT2D eigenvalue weighted by Gasteiger charge is -2.38. The van der Waals surface area contributed by atoms with Gasteiger partial charge in [-0.25, -0.2) is 4.98 Å². The molecule has 2 unspecified atom stereocenters. The number of nitrogens with two attached hydrogens (primary N) is 1. The Hall–Kier alpha value is -3.95. The molecular formula is C23H25N5O5. The molecule has 3 heterocycles. The van der Waals surface area contributed by atoms with Gasteiger partial charge >= 0.3 is 11.8 Å². The molecule has 10 nitrogen and oxygen atoms in total. The number of fused-ring (bicyclic) bond motifs is 1. The smallest absolute Gasteiger partial charge is 0.313 e. The Morgan fingerprint density at radius 2 is 2.03 bits per heavy atom. The standard InChI is InChI=1S/C23H25N5O5/c1-12-3-6-18(13-4-5-16-14(7-13)9-25-20(16)30)28(11-12)23(32)21(31)27-15-8-17(19(24)29)22(33-2)26-10-15/h4-5,7-8,10,12,18H,3,6,9,11H2,1-2H3,(H2,24,29)(H,25,30)(H,27,31). The van der Waals surface area contributed by atoms with Gasteiger partial charge in [-0.15, -0.1) is 0 Å². The number of carbonyl (C=O) groups excluding carboxylic acids is 4. The fourth-order valence-corrected chi connectivity index (χ4v) is 4.36. The summed E-state index contributed by atoms with van der Waals surface area (Å²) < 4.78 is 5.00. The molecule has 1 aromatic carbocycles. The summed E-state index contributed by atoms with van der Waals surface area (Å²) in [7, 11) is 1.35. The minimum Gasteiger partial charge on any atom is -0.480 e. The number of carbonyl (C=O) groups is 4. The van der Waals surface area contributed by atoms with Crippen molar-refractivity contribution in [1.29, 1.82) is 0 Å². The minimum absolute atomic E-state index is 0.00600. The van der Waals surface area contributed by atoms with Gasteiger partial charge in [-0.1, -0.05) is 19.1 Å². The van der Waals surface area contributed by atoms with Crippen molar-refractivity contribution in [2.75, 3.05) is 19.0 Å². The lowest BCUT2D eigenvalue weighted by molar-refractivity contribution is -0.146. The SMILES string of the molecule is COc1ncc(NC(=O)C(=O)N2CC(C)CCC2c2ccc3c(c2)CNC3=O)cc1C(N)=O. The molecule has 0 saturated carbocycles. The van der Waals surface area contributed by atoms with Crippen LogP contribution in [0.3, 0.4) is 0 Å². The zero-order valence-electron chi connectivity index (χ0n) is 18.4. The highest BCUT2D eigenvalue weighted by atomic mass is 16.5. The molecule has 0 spiro atoms. The second-order valence-electron chi connectivity index (χ2n) is 8.35. The third-order valence-electron chi connectivity index (χ3n) is 6.04. The summed E-state index contributed by atoms with van der Waals surface area (Å²) in [6, 6.07) is 6.58. The second kappa shape index (κ2) is 8.89. The number of piperidine rings is 1.